The molecule has 1 aliphatic carbocycles. The molecule has 0 aliphatic heterocycles. The number of hydrogen-bond acceptors (Lipinski definition) is 4. The van der Waals surface area contributed by atoms with E-state index in [0.29, 0.717) is 5.82 Å². The van der Waals surface area contributed by atoms with Gasteiger partial charge in [-0.05, 0) is 44.2 Å². The van der Waals surface area contributed by atoms with Gasteiger partial charge < -0.3 is 5.32 Å². The average Bonchev–Trinajstić information content (AvgIpc) is 3.07. The summed E-state index contributed by atoms with van der Waals surface area (Å²) in [6.07, 6.45) is 6.14. The Morgan fingerprint density at radius 2 is 2.32 bits per heavy atom. The smallest absolute Gasteiger partial charge is 0.261 e. The molecule has 3 rings (SSSR count). The Labute approximate surface area is 115 Å². The number of amides is 1. The van der Waals surface area contributed by atoms with E-state index in [1.807, 2.05) is 13.0 Å². The van der Waals surface area contributed by atoms with Crippen LogP contribution in [-0.2, 0) is 12.8 Å². The van der Waals surface area contributed by atoms with Crippen LogP contribution in [0, 0.1) is 0 Å². The summed E-state index contributed by atoms with van der Waals surface area (Å²) in [5.41, 5.74) is 1.36. The van der Waals surface area contributed by atoms with Gasteiger partial charge >= 0.3 is 0 Å². The highest BCUT2D eigenvalue weighted by atomic mass is 32.1. The molecular weight excluding hydrogens is 260 g/mol. The molecule has 6 heteroatoms. The van der Waals surface area contributed by atoms with E-state index in [1.54, 1.807) is 11.3 Å². The van der Waals surface area contributed by atoms with Crippen molar-refractivity contribution in [2.24, 2.45) is 0 Å². The van der Waals surface area contributed by atoms with E-state index in [4.69, 9.17) is 0 Å². The molecule has 5 nitrogen and oxygen atoms in total. The lowest BCUT2D eigenvalue weighted by Gasteiger charge is -2.09. The van der Waals surface area contributed by atoms with Crippen LogP contribution in [-0.4, -0.2) is 21.1 Å². The first-order valence-electron chi connectivity index (χ1n) is 6.52. The molecule has 2 aromatic heterocycles. The third-order valence-electron chi connectivity index (χ3n) is 3.41. The Kier molecular flexibility index (Phi) is 3.33. The number of aryl methyl sites for hydroxylation is 2. The summed E-state index contributed by atoms with van der Waals surface area (Å²) in [7, 11) is 0. The molecule has 0 aromatic carbocycles. The molecule has 1 amide bonds. The van der Waals surface area contributed by atoms with Gasteiger partial charge in [0.15, 0.2) is 0 Å². The van der Waals surface area contributed by atoms with Crippen LogP contribution < -0.4 is 5.32 Å². The fourth-order valence-corrected chi connectivity index (χ4v) is 3.52. The predicted octanol–water partition coefficient (Wildman–Crippen LogP) is 2.24. The molecule has 100 valence electrons. The topological polar surface area (TPSA) is 70.7 Å². The first-order valence-corrected chi connectivity index (χ1v) is 7.33. The second kappa shape index (κ2) is 5.13. The Morgan fingerprint density at radius 3 is 3.05 bits per heavy atom. The fraction of sp³-hybridized carbons (Fsp3) is 0.462. The molecule has 0 radical (unpaired) electrons. The Morgan fingerprint density at radius 1 is 1.47 bits per heavy atom. The predicted molar refractivity (Wildman–Crippen MR) is 73.2 cm³/mol. The van der Waals surface area contributed by atoms with Crippen molar-refractivity contribution in [3.63, 3.8) is 0 Å². The zero-order valence-electron chi connectivity index (χ0n) is 10.8. The number of carbonyl (C=O) groups is 1. The van der Waals surface area contributed by atoms with Crippen LogP contribution >= 0.6 is 11.3 Å². The van der Waals surface area contributed by atoms with Gasteiger partial charge in [0.2, 0.25) is 0 Å². The van der Waals surface area contributed by atoms with E-state index in [1.165, 1.54) is 29.6 Å². The van der Waals surface area contributed by atoms with Crippen molar-refractivity contribution in [3.05, 3.63) is 33.5 Å². The van der Waals surface area contributed by atoms with Crippen molar-refractivity contribution in [2.75, 3.05) is 0 Å². The quantitative estimate of drug-likeness (QED) is 0.903. The summed E-state index contributed by atoms with van der Waals surface area (Å²) >= 11 is 1.62. The van der Waals surface area contributed by atoms with Crippen molar-refractivity contribution in [3.8, 4) is 0 Å². The Balaban J connectivity index is 1.72. The van der Waals surface area contributed by atoms with Gasteiger partial charge in [-0.2, -0.15) is 5.10 Å². The van der Waals surface area contributed by atoms with Gasteiger partial charge in [-0.3, -0.25) is 9.89 Å². The largest absolute Gasteiger partial charge is 0.342 e. The average molecular weight is 276 g/mol. The van der Waals surface area contributed by atoms with Gasteiger partial charge in [0.05, 0.1) is 10.9 Å². The number of nitrogens with one attached hydrogen (secondary N) is 2. The second-order valence-electron chi connectivity index (χ2n) is 4.83. The van der Waals surface area contributed by atoms with Crippen molar-refractivity contribution in [1.82, 2.24) is 20.5 Å². The van der Waals surface area contributed by atoms with Crippen molar-refractivity contribution in [1.29, 1.82) is 0 Å². The number of hydrogen-bond donors (Lipinski definition) is 2. The number of aromatic amines is 1. The molecule has 1 unspecified atom stereocenters. The summed E-state index contributed by atoms with van der Waals surface area (Å²) in [4.78, 5) is 18.4. The van der Waals surface area contributed by atoms with Crippen LogP contribution in [0.15, 0.2) is 12.4 Å². The van der Waals surface area contributed by atoms with Gasteiger partial charge in [-0.15, -0.1) is 11.3 Å². The molecule has 0 saturated carbocycles. The van der Waals surface area contributed by atoms with Crippen LogP contribution in [0.2, 0.25) is 0 Å². The zero-order valence-corrected chi connectivity index (χ0v) is 11.6. The van der Waals surface area contributed by atoms with E-state index in [0.717, 1.165) is 17.7 Å². The molecule has 0 saturated heterocycles. The maximum absolute atomic E-state index is 12.2. The zero-order chi connectivity index (χ0) is 13.2. The summed E-state index contributed by atoms with van der Waals surface area (Å²) < 4.78 is 0. The number of rotatable bonds is 3. The number of nitrogens with zero attached hydrogens (tertiary/aromatic N) is 2. The van der Waals surface area contributed by atoms with E-state index < -0.39 is 0 Å². The lowest BCUT2D eigenvalue weighted by atomic mass is 9.99. The monoisotopic (exact) mass is 276 g/mol. The number of carbonyl (C=O) groups excluding carboxylic acids is 1. The van der Waals surface area contributed by atoms with Crippen LogP contribution in [0.5, 0.6) is 0 Å². The maximum Gasteiger partial charge on any atom is 0.261 e. The number of fused-ring (bicyclic) bond motifs is 1. The minimum Gasteiger partial charge on any atom is -0.342 e. The molecular formula is C13H16N4OS. The molecule has 1 aliphatic rings. The number of thiophene rings is 1. The van der Waals surface area contributed by atoms with Crippen LogP contribution in [0.4, 0.5) is 0 Å². The molecule has 2 heterocycles. The van der Waals surface area contributed by atoms with Crippen LogP contribution in [0.25, 0.3) is 0 Å². The second-order valence-corrected chi connectivity index (χ2v) is 5.97. The highest BCUT2D eigenvalue weighted by Gasteiger charge is 2.19. The highest BCUT2D eigenvalue weighted by Crippen LogP contribution is 2.29. The Bertz CT molecular complexity index is 552. The minimum atomic E-state index is -0.158. The van der Waals surface area contributed by atoms with Crippen LogP contribution in [0.3, 0.4) is 0 Å². The van der Waals surface area contributed by atoms with Gasteiger partial charge in [0, 0.05) is 4.88 Å². The van der Waals surface area contributed by atoms with E-state index in [9.17, 15) is 4.79 Å². The Hall–Kier alpha value is -1.69. The van der Waals surface area contributed by atoms with E-state index in [2.05, 4.69) is 20.5 Å². The van der Waals surface area contributed by atoms with Gasteiger partial charge in [-0.25, -0.2) is 4.98 Å². The first-order chi connectivity index (χ1) is 9.24. The standard InChI is InChI=1S/C13H16N4OS/c1-8(12-14-7-15-17-12)16-13(18)11-6-9-4-2-3-5-10(9)19-11/h6-8H,2-5H2,1H3,(H,16,18)(H,14,15,17). The first kappa shape index (κ1) is 12.3. The lowest BCUT2D eigenvalue weighted by molar-refractivity contribution is 0.0942. The third-order valence-corrected chi connectivity index (χ3v) is 4.65. The molecule has 19 heavy (non-hydrogen) atoms. The summed E-state index contributed by atoms with van der Waals surface area (Å²) in [6.45, 7) is 1.89. The molecule has 0 bridgehead atoms. The minimum absolute atomic E-state index is 0.0247. The molecule has 2 N–H and O–H groups in total. The van der Waals surface area contributed by atoms with Crippen molar-refractivity contribution >= 4 is 17.2 Å². The SMILES string of the molecule is CC(NC(=O)c1cc2c(s1)CCCC2)c1ncn[nH]1. The third kappa shape index (κ3) is 2.53. The molecule has 0 spiro atoms. The van der Waals surface area contributed by atoms with Gasteiger partial charge in [-0.1, -0.05) is 0 Å². The van der Waals surface area contributed by atoms with Crippen LogP contribution in [0.1, 0.15) is 51.7 Å². The van der Waals surface area contributed by atoms with E-state index >= 15 is 0 Å². The summed E-state index contributed by atoms with van der Waals surface area (Å²) in [6, 6.07) is 1.89. The van der Waals surface area contributed by atoms with Crippen molar-refractivity contribution < 1.29 is 4.79 Å². The van der Waals surface area contributed by atoms with Gasteiger partial charge in [0.1, 0.15) is 12.2 Å². The lowest BCUT2D eigenvalue weighted by Crippen LogP contribution is -2.26. The highest BCUT2D eigenvalue weighted by molar-refractivity contribution is 7.14. The summed E-state index contributed by atoms with van der Waals surface area (Å²) in [5.74, 6) is 0.651. The van der Waals surface area contributed by atoms with Crippen molar-refractivity contribution in [2.45, 2.75) is 38.6 Å². The van der Waals surface area contributed by atoms with E-state index in [-0.39, 0.29) is 11.9 Å². The number of H-pyrrole nitrogens is 1. The maximum atomic E-state index is 12.2. The normalized spacial score (nSPS) is 15.8. The fourth-order valence-electron chi connectivity index (χ4n) is 2.36. The summed E-state index contributed by atoms with van der Waals surface area (Å²) in [5, 5.41) is 9.51. The molecule has 2 aromatic rings. The number of aromatic nitrogens is 3. The molecule has 0 fully saturated rings. The van der Waals surface area contributed by atoms with Gasteiger partial charge in [0.25, 0.3) is 5.91 Å². The molecule has 1 atom stereocenters.